The third-order valence-corrected chi connectivity index (χ3v) is 7.30. The molecule has 0 spiro atoms. The van der Waals surface area contributed by atoms with Crippen LogP contribution < -0.4 is 4.74 Å². The molecule has 0 atom stereocenters. The smallest absolute Gasteiger partial charge is 0.182 e. The van der Waals surface area contributed by atoms with E-state index < -0.39 is 11.1 Å². The van der Waals surface area contributed by atoms with Crippen molar-refractivity contribution >= 4 is 11.6 Å². The summed E-state index contributed by atoms with van der Waals surface area (Å²) in [5.41, 5.74) is -0.0843. The summed E-state index contributed by atoms with van der Waals surface area (Å²) in [5, 5.41) is 0. The first-order valence-corrected chi connectivity index (χ1v) is 13.1. The molecule has 8 nitrogen and oxygen atoms in total. The average Bonchev–Trinajstić information content (AvgIpc) is 2.93. The second-order valence-electron chi connectivity index (χ2n) is 10.5. The summed E-state index contributed by atoms with van der Waals surface area (Å²) < 4.78 is 21.9. The molecule has 0 radical (unpaired) electrons. The molecule has 0 N–H and O–H groups in total. The van der Waals surface area contributed by atoms with Crippen molar-refractivity contribution in [2.24, 2.45) is 0 Å². The number of hydrogen-bond acceptors (Lipinski definition) is 8. The van der Waals surface area contributed by atoms with Crippen molar-refractivity contribution in [2.45, 2.75) is 38.8 Å². The van der Waals surface area contributed by atoms with E-state index in [1.165, 1.54) is 0 Å². The zero-order valence-electron chi connectivity index (χ0n) is 23.6. The van der Waals surface area contributed by atoms with Crippen molar-refractivity contribution in [3.05, 3.63) is 59.7 Å². The minimum absolute atomic E-state index is 0.0157. The van der Waals surface area contributed by atoms with Crippen molar-refractivity contribution in [1.29, 1.82) is 0 Å². The third-order valence-electron chi connectivity index (χ3n) is 7.30. The molecular weight excluding hydrogens is 484 g/mol. The number of ether oxygens (including phenoxy) is 4. The molecule has 0 aliphatic carbocycles. The molecule has 208 valence electrons. The van der Waals surface area contributed by atoms with Gasteiger partial charge in [0.25, 0.3) is 0 Å². The Morgan fingerprint density at radius 1 is 0.789 bits per heavy atom. The molecule has 1 fully saturated rings. The molecule has 1 saturated heterocycles. The lowest BCUT2D eigenvalue weighted by molar-refractivity contribution is -0.00430. The van der Waals surface area contributed by atoms with Gasteiger partial charge in [0.1, 0.15) is 11.5 Å². The van der Waals surface area contributed by atoms with E-state index >= 15 is 0 Å². The Kier molecular flexibility index (Phi) is 10.6. The molecule has 0 saturated carbocycles. The normalized spacial score (nSPS) is 15.0. The summed E-state index contributed by atoms with van der Waals surface area (Å²) in [4.78, 5) is 30.9. The highest BCUT2D eigenvalue weighted by Gasteiger charge is 2.36. The molecular formula is C30H42N2O6. The molecule has 2 aromatic carbocycles. The molecule has 0 amide bonds. The third kappa shape index (κ3) is 7.27. The molecule has 3 rings (SSSR count). The van der Waals surface area contributed by atoms with Crippen molar-refractivity contribution < 1.29 is 28.5 Å². The van der Waals surface area contributed by atoms with Gasteiger partial charge in [-0.3, -0.25) is 19.4 Å². The van der Waals surface area contributed by atoms with Crippen molar-refractivity contribution in [3.8, 4) is 11.5 Å². The number of ketones is 2. The van der Waals surface area contributed by atoms with Crippen molar-refractivity contribution in [2.75, 3.05) is 66.8 Å². The van der Waals surface area contributed by atoms with E-state index in [4.69, 9.17) is 18.9 Å². The van der Waals surface area contributed by atoms with Gasteiger partial charge in [-0.15, -0.1) is 0 Å². The van der Waals surface area contributed by atoms with Crippen LogP contribution in [0.4, 0.5) is 0 Å². The maximum absolute atomic E-state index is 13.4. The number of carbonyl (C=O) groups excluding carboxylic acids is 2. The Morgan fingerprint density at radius 3 is 1.68 bits per heavy atom. The molecule has 8 heteroatoms. The van der Waals surface area contributed by atoms with E-state index in [0.29, 0.717) is 62.1 Å². The summed E-state index contributed by atoms with van der Waals surface area (Å²) in [7, 11) is 3.30. The lowest BCUT2D eigenvalue weighted by Crippen LogP contribution is -2.54. The van der Waals surface area contributed by atoms with Gasteiger partial charge < -0.3 is 18.9 Å². The molecule has 0 aromatic heterocycles. The fourth-order valence-electron chi connectivity index (χ4n) is 4.67. The lowest BCUT2D eigenvalue weighted by atomic mass is 9.91. The number of Topliss-reactive ketones (excluding diaryl/α,β-unsaturated/α-hetero) is 2. The van der Waals surface area contributed by atoms with Gasteiger partial charge in [-0.1, -0.05) is 0 Å². The van der Waals surface area contributed by atoms with Gasteiger partial charge in [-0.25, -0.2) is 0 Å². The van der Waals surface area contributed by atoms with E-state index in [-0.39, 0.29) is 11.6 Å². The Bertz CT molecular complexity index is 1040. The van der Waals surface area contributed by atoms with Gasteiger partial charge >= 0.3 is 0 Å². The van der Waals surface area contributed by atoms with Crippen LogP contribution >= 0.6 is 0 Å². The van der Waals surface area contributed by atoms with Crippen molar-refractivity contribution in [3.63, 3.8) is 0 Å². The topological polar surface area (TPSA) is 77.5 Å². The van der Waals surface area contributed by atoms with Gasteiger partial charge in [0, 0.05) is 51.5 Å². The van der Waals surface area contributed by atoms with Crippen LogP contribution in [0.15, 0.2) is 48.5 Å². The Morgan fingerprint density at radius 2 is 1.24 bits per heavy atom. The molecule has 38 heavy (non-hydrogen) atoms. The van der Waals surface area contributed by atoms with E-state index in [1.54, 1.807) is 62.8 Å². The molecule has 2 aromatic rings. The number of nitrogens with zero attached hydrogens (tertiary/aromatic N) is 2. The highest BCUT2D eigenvalue weighted by atomic mass is 16.5. The predicted octanol–water partition coefficient (Wildman–Crippen LogP) is 4.33. The summed E-state index contributed by atoms with van der Waals surface area (Å²) in [6, 6.07) is 14.4. The maximum Gasteiger partial charge on any atom is 0.182 e. The fraction of sp³-hybridized carbons (Fsp3) is 0.533. The lowest BCUT2D eigenvalue weighted by Gasteiger charge is -2.39. The number of methoxy groups -OCH3 is 2. The fourth-order valence-corrected chi connectivity index (χ4v) is 4.67. The Balaban J connectivity index is 1.65. The number of benzene rings is 2. The number of hydrogen-bond donors (Lipinski definition) is 0. The number of rotatable bonds is 14. The summed E-state index contributed by atoms with van der Waals surface area (Å²) in [5.74, 6) is 1.32. The average molecular weight is 527 g/mol. The first kappa shape index (κ1) is 29.9. The van der Waals surface area contributed by atoms with Crippen LogP contribution in [0.25, 0.3) is 0 Å². The van der Waals surface area contributed by atoms with Gasteiger partial charge in [0.2, 0.25) is 0 Å². The van der Waals surface area contributed by atoms with Crippen LogP contribution in [0.3, 0.4) is 0 Å². The second kappa shape index (κ2) is 13.4. The maximum atomic E-state index is 13.4. The zero-order valence-corrected chi connectivity index (χ0v) is 23.6. The Hall–Kier alpha value is -2.62. The molecule has 1 heterocycles. The monoisotopic (exact) mass is 526 g/mol. The molecule has 1 aliphatic heterocycles. The molecule has 0 unspecified atom stereocenters. The van der Waals surface area contributed by atoms with E-state index in [2.05, 4.69) is 9.80 Å². The van der Waals surface area contributed by atoms with Crippen molar-refractivity contribution in [1.82, 2.24) is 9.80 Å². The quantitative estimate of drug-likeness (QED) is 0.337. The van der Waals surface area contributed by atoms with E-state index in [9.17, 15) is 9.59 Å². The van der Waals surface area contributed by atoms with E-state index in [0.717, 1.165) is 13.1 Å². The largest absolute Gasteiger partial charge is 0.457 e. The minimum Gasteiger partial charge on any atom is -0.457 e. The van der Waals surface area contributed by atoms with Crippen LogP contribution in [0.5, 0.6) is 11.5 Å². The first-order chi connectivity index (χ1) is 18.1. The standard InChI is InChI=1S/C30H42N2O6/c1-29(2,31(15-19-35-5)16-20-36-6)27(33)23-7-11-25(12-8-23)38-26-13-9-24(10-14-26)28(34)30(3,4)32-17-21-37-22-18-32/h7-14H,15-22H2,1-6H3. The van der Waals surface area contributed by atoms with Gasteiger partial charge in [0.05, 0.1) is 37.5 Å². The minimum atomic E-state index is -0.725. The predicted molar refractivity (Wildman–Crippen MR) is 147 cm³/mol. The first-order valence-electron chi connectivity index (χ1n) is 13.1. The Labute approximate surface area is 226 Å². The van der Waals surface area contributed by atoms with E-state index in [1.807, 2.05) is 27.7 Å². The van der Waals surface area contributed by atoms with Crippen LogP contribution in [-0.4, -0.2) is 99.3 Å². The van der Waals surface area contributed by atoms with Crippen LogP contribution in [0.1, 0.15) is 48.4 Å². The highest BCUT2D eigenvalue weighted by molar-refractivity contribution is 6.03. The summed E-state index contributed by atoms with van der Waals surface area (Å²) >= 11 is 0. The molecule has 1 aliphatic rings. The number of morpholine rings is 1. The SMILES string of the molecule is COCCN(CCOC)C(C)(C)C(=O)c1ccc(Oc2ccc(C(=O)C(C)(C)N3CCOCC3)cc2)cc1. The summed E-state index contributed by atoms with van der Waals surface area (Å²) in [6.07, 6.45) is 0. The van der Waals surface area contributed by atoms with Crippen LogP contribution in [0, 0.1) is 0 Å². The summed E-state index contributed by atoms with van der Waals surface area (Å²) in [6.45, 7) is 12.9. The van der Waals surface area contributed by atoms with Gasteiger partial charge in [-0.05, 0) is 76.2 Å². The van der Waals surface area contributed by atoms with Gasteiger partial charge in [-0.2, -0.15) is 0 Å². The number of carbonyl (C=O) groups is 2. The van der Waals surface area contributed by atoms with Gasteiger partial charge in [0.15, 0.2) is 11.6 Å². The zero-order chi connectivity index (χ0) is 27.8. The molecule has 0 bridgehead atoms. The van der Waals surface area contributed by atoms with Crippen LogP contribution in [0.2, 0.25) is 0 Å². The second-order valence-corrected chi connectivity index (χ2v) is 10.5. The highest BCUT2D eigenvalue weighted by Crippen LogP contribution is 2.27. The van der Waals surface area contributed by atoms with Crippen LogP contribution in [-0.2, 0) is 14.2 Å².